The number of carbonyl (C=O) groups is 2. The Bertz CT molecular complexity index is 1380. The van der Waals surface area contributed by atoms with Gasteiger partial charge in [0.2, 0.25) is 26.0 Å². The maximum atomic E-state index is 13.0. The molecule has 2 aromatic rings. The van der Waals surface area contributed by atoms with Gasteiger partial charge < -0.3 is 9.64 Å². The molecule has 39 heavy (non-hydrogen) atoms. The minimum absolute atomic E-state index is 0.246. The number of amides is 1. The largest absolute Gasteiger partial charge is 0.469 e. The number of rotatable bonds is 11. The monoisotopic (exact) mass is 585 g/mol. The van der Waals surface area contributed by atoms with Crippen LogP contribution in [0.3, 0.4) is 0 Å². The summed E-state index contributed by atoms with van der Waals surface area (Å²) in [5.41, 5.74) is -0.683. The lowest BCUT2D eigenvalue weighted by molar-refractivity contribution is -0.385. The third-order valence-electron chi connectivity index (χ3n) is 5.77. The minimum Gasteiger partial charge on any atom is -0.469 e. The van der Waals surface area contributed by atoms with Crippen LogP contribution in [0, 0.1) is 20.2 Å². The number of sulfonamides is 2. The Morgan fingerprint density at radius 2 is 1.21 bits per heavy atom. The molecule has 1 amide bonds. The summed E-state index contributed by atoms with van der Waals surface area (Å²) in [6.07, 6.45) is -0.513. The van der Waals surface area contributed by atoms with Gasteiger partial charge in [0, 0.05) is 43.8 Å². The first kappa shape index (κ1) is 29.6. The number of methoxy groups -OCH3 is 1. The van der Waals surface area contributed by atoms with Gasteiger partial charge in [-0.2, -0.15) is 0 Å². The van der Waals surface area contributed by atoms with Gasteiger partial charge in [0.05, 0.1) is 45.3 Å². The van der Waals surface area contributed by atoms with Crippen LogP contribution < -0.4 is 9.44 Å². The molecule has 3 rings (SSSR count). The van der Waals surface area contributed by atoms with E-state index in [2.05, 4.69) is 14.2 Å². The van der Waals surface area contributed by atoms with Crippen molar-refractivity contribution in [3.05, 3.63) is 68.8 Å². The van der Waals surface area contributed by atoms with E-state index in [9.17, 15) is 46.7 Å². The quantitative estimate of drug-likeness (QED) is 0.207. The predicted octanol–water partition coefficient (Wildman–Crippen LogP) is 0.292. The first-order valence-corrected chi connectivity index (χ1v) is 14.1. The molecule has 2 N–H and O–H groups in total. The van der Waals surface area contributed by atoms with E-state index < -0.39 is 53.9 Å². The third kappa shape index (κ3) is 7.31. The van der Waals surface area contributed by atoms with E-state index in [1.165, 1.54) is 4.90 Å². The number of likely N-dealkylation sites (tertiary alicyclic amines) is 1. The summed E-state index contributed by atoms with van der Waals surface area (Å²) in [7, 11) is -7.51. The summed E-state index contributed by atoms with van der Waals surface area (Å²) >= 11 is 0. The second-order valence-corrected chi connectivity index (χ2v) is 11.8. The molecule has 2 atom stereocenters. The average Bonchev–Trinajstić information content (AvgIpc) is 3.27. The van der Waals surface area contributed by atoms with Gasteiger partial charge in [-0.25, -0.2) is 26.3 Å². The van der Waals surface area contributed by atoms with Crippen molar-refractivity contribution in [3.8, 4) is 0 Å². The maximum Gasteiger partial charge on any atom is 0.306 e. The van der Waals surface area contributed by atoms with E-state index in [0.29, 0.717) is 0 Å². The molecule has 0 spiro atoms. The molecule has 1 aliphatic heterocycles. The number of nitrogens with one attached hydrogen (secondary N) is 2. The highest BCUT2D eigenvalue weighted by Crippen LogP contribution is 2.21. The fourth-order valence-corrected chi connectivity index (χ4v) is 6.28. The molecule has 1 fully saturated rings. The summed E-state index contributed by atoms with van der Waals surface area (Å²) in [6, 6.07) is 5.60. The Kier molecular flexibility index (Phi) is 8.95. The zero-order valence-electron chi connectivity index (χ0n) is 20.3. The van der Waals surface area contributed by atoms with E-state index in [4.69, 9.17) is 0 Å². The molecule has 16 nitrogen and oxygen atoms in total. The molecule has 0 radical (unpaired) electrons. The van der Waals surface area contributed by atoms with Crippen molar-refractivity contribution in [1.82, 2.24) is 14.3 Å². The molecular weight excluding hydrogens is 562 g/mol. The molecule has 0 unspecified atom stereocenters. The van der Waals surface area contributed by atoms with E-state index in [0.717, 1.165) is 55.6 Å². The van der Waals surface area contributed by atoms with Crippen molar-refractivity contribution in [1.29, 1.82) is 0 Å². The van der Waals surface area contributed by atoms with Gasteiger partial charge in [-0.1, -0.05) is 0 Å². The van der Waals surface area contributed by atoms with Crippen LogP contribution >= 0.6 is 0 Å². The lowest BCUT2D eigenvalue weighted by atomic mass is 10.2. The molecule has 2 aromatic carbocycles. The first-order chi connectivity index (χ1) is 18.2. The van der Waals surface area contributed by atoms with E-state index in [1.54, 1.807) is 0 Å². The number of ether oxygens (including phenoxy) is 1. The lowest BCUT2D eigenvalue weighted by Gasteiger charge is -2.20. The van der Waals surface area contributed by atoms with E-state index in [1.807, 2.05) is 0 Å². The van der Waals surface area contributed by atoms with Crippen LogP contribution in [-0.2, 0) is 34.4 Å². The highest BCUT2D eigenvalue weighted by molar-refractivity contribution is 7.90. The molecule has 0 saturated carbocycles. The number of carbonyl (C=O) groups excluding carboxylic acids is 2. The summed E-state index contributed by atoms with van der Waals surface area (Å²) in [5.74, 6) is -1.20. The third-order valence-corrected chi connectivity index (χ3v) is 8.78. The summed E-state index contributed by atoms with van der Waals surface area (Å²) in [6.45, 7) is -0.528. The molecule has 210 valence electrons. The highest BCUT2D eigenvalue weighted by Gasteiger charge is 2.40. The highest BCUT2D eigenvalue weighted by atomic mass is 32.2. The zero-order valence-corrected chi connectivity index (χ0v) is 21.9. The fraction of sp³-hybridized carbons (Fsp3) is 0.333. The number of nitrogens with zero attached hydrogens (tertiary/aromatic N) is 3. The summed E-state index contributed by atoms with van der Waals surface area (Å²) in [4.78, 5) is 44.9. The number of benzene rings is 2. The molecule has 0 aliphatic carbocycles. The fourth-order valence-electron chi connectivity index (χ4n) is 3.74. The van der Waals surface area contributed by atoms with Crippen molar-refractivity contribution in [2.45, 2.75) is 34.7 Å². The van der Waals surface area contributed by atoms with E-state index >= 15 is 0 Å². The number of nitro benzene ring substituents is 2. The minimum atomic E-state index is -4.33. The van der Waals surface area contributed by atoms with Gasteiger partial charge in [0.15, 0.2) is 0 Å². The topological polar surface area (TPSA) is 225 Å². The normalized spacial score (nSPS) is 17.5. The van der Waals surface area contributed by atoms with Gasteiger partial charge in [-0.3, -0.25) is 29.8 Å². The second kappa shape index (κ2) is 11.8. The Morgan fingerprint density at radius 3 is 1.54 bits per heavy atom. The number of nitro groups is 2. The lowest BCUT2D eigenvalue weighted by Crippen LogP contribution is -2.50. The van der Waals surface area contributed by atoms with Crippen LogP contribution in [0.25, 0.3) is 0 Å². The average molecular weight is 586 g/mol. The van der Waals surface area contributed by atoms with Gasteiger partial charge in [0.1, 0.15) is 0 Å². The summed E-state index contributed by atoms with van der Waals surface area (Å²) < 4.78 is 61.1. The number of non-ortho nitro benzene ring substituents is 2. The smallest absolute Gasteiger partial charge is 0.306 e. The van der Waals surface area contributed by atoms with Crippen LogP contribution in [0.1, 0.15) is 12.8 Å². The summed E-state index contributed by atoms with van der Waals surface area (Å²) in [5, 5.41) is 21.8. The number of esters is 1. The maximum absolute atomic E-state index is 13.0. The van der Waals surface area contributed by atoms with Crippen molar-refractivity contribution in [2.24, 2.45) is 0 Å². The standard InChI is InChI=1S/C21H23N5O11S2/c1-37-21(28)11-10-20(27)24-12-18(22-38(33,34)16-6-2-14(3-7-16)25(29)30)19(13-24)23-39(35,36)17-8-4-15(5-9-17)26(31)32/h2-9,18-19,22-23H,10-13H2,1H3/t18-,19-/m1/s1. The van der Waals surface area contributed by atoms with Gasteiger partial charge >= 0.3 is 5.97 Å². The van der Waals surface area contributed by atoms with Crippen LogP contribution in [-0.4, -0.2) is 75.7 Å². The van der Waals surface area contributed by atoms with Crippen LogP contribution in [0.15, 0.2) is 58.3 Å². The van der Waals surface area contributed by atoms with Crippen LogP contribution in [0.4, 0.5) is 11.4 Å². The molecule has 0 aromatic heterocycles. The zero-order chi connectivity index (χ0) is 29.0. The van der Waals surface area contributed by atoms with Gasteiger partial charge in [-0.05, 0) is 24.3 Å². The molecule has 0 bridgehead atoms. The van der Waals surface area contributed by atoms with Crippen LogP contribution in [0.5, 0.6) is 0 Å². The first-order valence-electron chi connectivity index (χ1n) is 11.1. The molecule has 1 aliphatic rings. The van der Waals surface area contributed by atoms with Gasteiger partial charge in [0.25, 0.3) is 11.4 Å². The molecular formula is C21H23N5O11S2. The Labute approximate surface area is 222 Å². The predicted molar refractivity (Wildman–Crippen MR) is 132 cm³/mol. The van der Waals surface area contributed by atoms with Crippen molar-refractivity contribution >= 4 is 43.3 Å². The van der Waals surface area contributed by atoms with E-state index in [-0.39, 0.29) is 47.1 Å². The Morgan fingerprint density at radius 1 is 0.821 bits per heavy atom. The van der Waals surface area contributed by atoms with Crippen LogP contribution in [0.2, 0.25) is 0 Å². The molecule has 18 heteroatoms. The Balaban J connectivity index is 1.86. The SMILES string of the molecule is COC(=O)CCC(=O)N1C[C@@H](NS(=O)(=O)c2ccc([N+](=O)[O-])cc2)[C@H](NS(=O)(=O)c2ccc([N+](=O)[O-])cc2)C1. The molecule has 1 saturated heterocycles. The van der Waals surface area contributed by atoms with Crippen molar-refractivity contribution in [3.63, 3.8) is 0 Å². The number of hydrogen-bond acceptors (Lipinski definition) is 11. The second-order valence-electron chi connectivity index (χ2n) is 8.33. The number of hydrogen-bond donors (Lipinski definition) is 2. The Hall–Kier alpha value is -4.00. The van der Waals surface area contributed by atoms with Gasteiger partial charge in [-0.15, -0.1) is 0 Å². The van der Waals surface area contributed by atoms with Crippen molar-refractivity contribution in [2.75, 3.05) is 20.2 Å². The van der Waals surface area contributed by atoms with Crippen molar-refractivity contribution < 1.29 is 41.0 Å². The molecule has 1 heterocycles.